The van der Waals surface area contributed by atoms with E-state index in [-0.39, 0.29) is 13.0 Å². The van der Waals surface area contributed by atoms with E-state index in [0.717, 1.165) is 6.07 Å². The number of aromatic carboxylic acids is 1. The lowest BCUT2D eigenvalue weighted by atomic mass is 10.2. The summed E-state index contributed by atoms with van der Waals surface area (Å²) in [5.41, 5.74) is -1.66. The van der Waals surface area contributed by atoms with E-state index in [9.17, 15) is 18.0 Å². The van der Waals surface area contributed by atoms with Crippen LogP contribution in [0.4, 0.5) is 13.2 Å². The summed E-state index contributed by atoms with van der Waals surface area (Å²) in [6.45, 7) is -0.106. The number of hydrogen-bond donors (Lipinski definition) is 1. The molecule has 1 rings (SSSR count). The second kappa shape index (κ2) is 5.40. The minimum absolute atomic E-state index is 0.106. The van der Waals surface area contributed by atoms with Gasteiger partial charge in [-0.2, -0.15) is 13.2 Å². The van der Waals surface area contributed by atoms with Crippen LogP contribution in [0.1, 0.15) is 22.5 Å². The maximum Gasteiger partial charge on any atom is 0.433 e. The Bertz CT molecular complexity index is 491. The van der Waals surface area contributed by atoms with Gasteiger partial charge in [-0.05, 0) is 12.1 Å². The molecule has 0 aromatic carbocycles. The molecular formula is C11H8F3NO3. The number of hydrogen-bond acceptors (Lipinski definition) is 3. The Labute approximate surface area is 100 Å². The van der Waals surface area contributed by atoms with Crippen molar-refractivity contribution in [3.05, 3.63) is 23.4 Å². The van der Waals surface area contributed by atoms with Crippen molar-refractivity contribution >= 4 is 5.97 Å². The molecule has 18 heavy (non-hydrogen) atoms. The molecule has 0 fully saturated rings. The number of aromatic nitrogens is 1. The van der Waals surface area contributed by atoms with Gasteiger partial charge in [0.05, 0.1) is 0 Å². The van der Waals surface area contributed by atoms with E-state index in [2.05, 4.69) is 10.9 Å². The van der Waals surface area contributed by atoms with Crippen LogP contribution in [0, 0.1) is 12.3 Å². The second-order valence-electron chi connectivity index (χ2n) is 3.15. The Morgan fingerprint density at radius 1 is 1.50 bits per heavy atom. The molecule has 1 N–H and O–H groups in total. The van der Waals surface area contributed by atoms with E-state index in [1.807, 2.05) is 0 Å². The number of carbonyl (C=O) groups is 1. The van der Waals surface area contributed by atoms with Crippen molar-refractivity contribution in [2.75, 3.05) is 6.61 Å². The first-order valence-corrected chi connectivity index (χ1v) is 4.74. The Morgan fingerprint density at radius 2 is 2.17 bits per heavy atom. The number of terminal acetylenes is 1. The van der Waals surface area contributed by atoms with Gasteiger partial charge in [-0.3, -0.25) is 0 Å². The lowest BCUT2D eigenvalue weighted by Gasteiger charge is -2.10. The van der Waals surface area contributed by atoms with Crippen molar-refractivity contribution in [3.63, 3.8) is 0 Å². The molecule has 0 unspecified atom stereocenters. The highest BCUT2D eigenvalue weighted by Gasteiger charge is 2.33. The summed E-state index contributed by atoms with van der Waals surface area (Å²) in [5.74, 6) is 0.195. The third-order valence-corrected chi connectivity index (χ3v) is 1.87. The van der Waals surface area contributed by atoms with Crippen molar-refractivity contribution in [2.45, 2.75) is 12.6 Å². The van der Waals surface area contributed by atoms with Crippen LogP contribution in [0.15, 0.2) is 12.1 Å². The quantitative estimate of drug-likeness (QED) is 0.665. The first-order valence-electron chi connectivity index (χ1n) is 4.74. The zero-order valence-corrected chi connectivity index (χ0v) is 8.99. The first-order chi connectivity index (χ1) is 8.36. The lowest BCUT2D eigenvalue weighted by molar-refractivity contribution is -0.141. The van der Waals surface area contributed by atoms with Crippen LogP contribution in [-0.2, 0) is 6.18 Å². The molecule has 0 aliphatic carbocycles. The summed E-state index contributed by atoms with van der Waals surface area (Å²) in [6.07, 6.45) is 0.413. The summed E-state index contributed by atoms with van der Waals surface area (Å²) in [6, 6.07) is 1.38. The average Bonchev–Trinajstić information content (AvgIpc) is 2.27. The number of ether oxygens (including phenoxy) is 1. The van der Waals surface area contributed by atoms with Gasteiger partial charge in [-0.25, -0.2) is 9.78 Å². The standard InChI is InChI=1S/C11H8F3NO3/c1-2-3-6-18-9-7(10(16)17)4-5-8(15-9)11(12,13)14/h1,4-5H,3,6H2,(H,16,17). The molecule has 0 amide bonds. The third-order valence-electron chi connectivity index (χ3n) is 1.87. The Kier molecular flexibility index (Phi) is 4.15. The monoisotopic (exact) mass is 259 g/mol. The largest absolute Gasteiger partial charge is 0.477 e. The Balaban J connectivity index is 3.09. The number of nitrogens with zero attached hydrogens (tertiary/aromatic N) is 1. The number of carboxylic acids is 1. The zero-order valence-electron chi connectivity index (χ0n) is 8.99. The van der Waals surface area contributed by atoms with Gasteiger partial charge in [0.1, 0.15) is 17.9 Å². The molecule has 0 saturated heterocycles. The fraction of sp³-hybridized carbons (Fsp3) is 0.273. The molecule has 1 heterocycles. The van der Waals surface area contributed by atoms with Crippen molar-refractivity contribution < 1.29 is 27.8 Å². The van der Waals surface area contributed by atoms with Crippen LogP contribution >= 0.6 is 0 Å². The third kappa shape index (κ3) is 3.38. The topological polar surface area (TPSA) is 59.4 Å². The number of alkyl halides is 3. The number of rotatable bonds is 4. The number of carboxylic acid groups (broad SMARTS) is 1. The van der Waals surface area contributed by atoms with Gasteiger partial charge in [0.25, 0.3) is 0 Å². The van der Waals surface area contributed by atoms with Gasteiger partial charge in [0.15, 0.2) is 0 Å². The maximum absolute atomic E-state index is 12.4. The van der Waals surface area contributed by atoms with E-state index < -0.39 is 29.3 Å². The average molecular weight is 259 g/mol. The molecule has 0 aliphatic heterocycles. The van der Waals surface area contributed by atoms with Gasteiger partial charge in [-0.15, -0.1) is 12.3 Å². The molecule has 0 radical (unpaired) electrons. The summed E-state index contributed by atoms with van der Waals surface area (Å²) < 4.78 is 42.0. The SMILES string of the molecule is C#CCCOc1nc(C(F)(F)F)ccc1C(=O)O. The zero-order chi connectivity index (χ0) is 13.8. The van der Waals surface area contributed by atoms with E-state index in [1.165, 1.54) is 0 Å². The minimum Gasteiger partial charge on any atom is -0.477 e. The van der Waals surface area contributed by atoms with Crippen LogP contribution in [-0.4, -0.2) is 22.7 Å². The van der Waals surface area contributed by atoms with Gasteiger partial charge >= 0.3 is 12.1 Å². The van der Waals surface area contributed by atoms with Crippen molar-refractivity contribution in [1.29, 1.82) is 0 Å². The second-order valence-corrected chi connectivity index (χ2v) is 3.15. The summed E-state index contributed by atoms with van der Waals surface area (Å²) >= 11 is 0. The highest BCUT2D eigenvalue weighted by molar-refractivity contribution is 5.90. The summed E-state index contributed by atoms with van der Waals surface area (Å²) in [7, 11) is 0. The van der Waals surface area contributed by atoms with Crippen molar-refractivity contribution in [2.24, 2.45) is 0 Å². The van der Waals surface area contributed by atoms with Crippen molar-refractivity contribution in [3.8, 4) is 18.2 Å². The minimum atomic E-state index is -4.67. The molecule has 96 valence electrons. The van der Waals surface area contributed by atoms with Crippen LogP contribution < -0.4 is 4.74 Å². The van der Waals surface area contributed by atoms with Gasteiger partial charge < -0.3 is 9.84 Å². The highest BCUT2D eigenvalue weighted by atomic mass is 19.4. The van der Waals surface area contributed by atoms with E-state index in [4.69, 9.17) is 16.3 Å². The van der Waals surface area contributed by atoms with E-state index in [0.29, 0.717) is 6.07 Å². The lowest BCUT2D eigenvalue weighted by Crippen LogP contribution is -2.12. The fourth-order valence-corrected chi connectivity index (χ4v) is 1.08. The first kappa shape index (κ1) is 13.8. The molecule has 1 aromatic rings. The Morgan fingerprint density at radius 3 is 2.67 bits per heavy atom. The molecule has 0 spiro atoms. The molecule has 7 heteroatoms. The normalized spacial score (nSPS) is 10.8. The van der Waals surface area contributed by atoms with Gasteiger partial charge in [-0.1, -0.05) is 0 Å². The highest BCUT2D eigenvalue weighted by Crippen LogP contribution is 2.30. The molecule has 0 atom stereocenters. The van der Waals surface area contributed by atoms with Crippen LogP contribution in [0.2, 0.25) is 0 Å². The number of halogens is 3. The molecule has 0 saturated carbocycles. The van der Waals surface area contributed by atoms with E-state index in [1.54, 1.807) is 0 Å². The molecule has 0 aliphatic rings. The summed E-state index contributed by atoms with van der Waals surface area (Å²) in [4.78, 5) is 13.9. The smallest absolute Gasteiger partial charge is 0.433 e. The number of pyridine rings is 1. The molecule has 4 nitrogen and oxygen atoms in total. The fourth-order valence-electron chi connectivity index (χ4n) is 1.08. The summed E-state index contributed by atoms with van der Waals surface area (Å²) in [5, 5.41) is 8.77. The van der Waals surface area contributed by atoms with Gasteiger partial charge in [0, 0.05) is 6.42 Å². The Hall–Kier alpha value is -2.23. The maximum atomic E-state index is 12.4. The van der Waals surface area contributed by atoms with Crippen molar-refractivity contribution in [1.82, 2.24) is 4.98 Å². The molecular weight excluding hydrogens is 251 g/mol. The van der Waals surface area contributed by atoms with E-state index >= 15 is 0 Å². The van der Waals surface area contributed by atoms with Gasteiger partial charge in [0.2, 0.25) is 5.88 Å². The predicted molar refractivity (Wildman–Crippen MR) is 55.1 cm³/mol. The molecule has 0 bridgehead atoms. The van der Waals surface area contributed by atoms with Crippen LogP contribution in [0.25, 0.3) is 0 Å². The van der Waals surface area contributed by atoms with Crippen LogP contribution in [0.3, 0.4) is 0 Å². The molecule has 1 aromatic heterocycles. The predicted octanol–water partition coefficient (Wildman–Crippen LogP) is 2.20. The van der Waals surface area contributed by atoms with Crippen LogP contribution in [0.5, 0.6) is 5.88 Å².